The second kappa shape index (κ2) is 8.56. The predicted octanol–water partition coefficient (Wildman–Crippen LogP) is 2.55. The van der Waals surface area contributed by atoms with E-state index in [0.29, 0.717) is 0 Å². The van der Waals surface area contributed by atoms with Gasteiger partial charge in [0, 0.05) is 30.4 Å². The molecule has 2 atom stereocenters. The molecule has 8 heteroatoms. The standard InChI is InChI=1S/C22H20FN3O4/c23-21-24-9-13(10-25-21)20(28)19(27)11-26-22(29)30-12-18-16-7-3-1-5-14(16)15-6-2-4-8-17(15)18/h1-10,18-20,27-28H,11-12H2,(H,26,29). The van der Waals surface area contributed by atoms with Gasteiger partial charge in [0.25, 0.3) is 0 Å². The van der Waals surface area contributed by atoms with Crippen molar-refractivity contribution >= 4 is 6.09 Å². The predicted molar refractivity (Wildman–Crippen MR) is 106 cm³/mol. The number of fused-ring (bicyclic) bond motifs is 3. The van der Waals surface area contributed by atoms with E-state index in [9.17, 15) is 19.4 Å². The normalized spacial score (nSPS) is 14.5. The highest BCUT2D eigenvalue weighted by molar-refractivity contribution is 5.79. The summed E-state index contributed by atoms with van der Waals surface area (Å²) in [6, 6.07) is 16.0. The summed E-state index contributed by atoms with van der Waals surface area (Å²) in [5.41, 5.74) is 4.58. The number of alkyl carbamates (subject to hydrolysis) is 1. The van der Waals surface area contributed by atoms with Gasteiger partial charge in [-0.1, -0.05) is 48.5 Å². The van der Waals surface area contributed by atoms with Gasteiger partial charge in [-0.25, -0.2) is 14.8 Å². The van der Waals surface area contributed by atoms with Crippen LogP contribution in [0.25, 0.3) is 11.1 Å². The summed E-state index contributed by atoms with van der Waals surface area (Å²) in [6.07, 6.45) is -2.21. The molecular formula is C22H20FN3O4. The maximum Gasteiger partial charge on any atom is 0.407 e. The second-order valence-corrected chi connectivity index (χ2v) is 7.00. The fourth-order valence-corrected chi connectivity index (χ4v) is 3.65. The lowest BCUT2D eigenvalue weighted by atomic mass is 9.98. The molecule has 4 rings (SSSR count). The Morgan fingerprint density at radius 1 is 1.03 bits per heavy atom. The molecule has 2 aromatic carbocycles. The summed E-state index contributed by atoms with van der Waals surface area (Å²) in [4.78, 5) is 18.8. The van der Waals surface area contributed by atoms with Crippen LogP contribution in [0, 0.1) is 6.08 Å². The Morgan fingerprint density at radius 2 is 1.60 bits per heavy atom. The third-order valence-electron chi connectivity index (χ3n) is 5.15. The number of carbonyl (C=O) groups excluding carboxylic acids is 1. The smallest absolute Gasteiger partial charge is 0.407 e. The highest BCUT2D eigenvalue weighted by Crippen LogP contribution is 2.44. The Labute approximate surface area is 172 Å². The Kier molecular flexibility index (Phi) is 5.69. The summed E-state index contributed by atoms with van der Waals surface area (Å²) >= 11 is 0. The monoisotopic (exact) mass is 409 g/mol. The summed E-state index contributed by atoms with van der Waals surface area (Å²) in [6.45, 7) is -0.112. The van der Waals surface area contributed by atoms with Crippen molar-refractivity contribution in [1.29, 1.82) is 0 Å². The number of aliphatic hydroxyl groups excluding tert-OH is 2. The first-order valence-electron chi connectivity index (χ1n) is 9.47. The van der Waals surface area contributed by atoms with Crippen molar-refractivity contribution in [2.45, 2.75) is 18.1 Å². The first kappa shape index (κ1) is 19.9. The zero-order chi connectivity index (χ0) is 21.1. The van der Waals surface area contributed by atoms with Crippen molar-refractivity contribution in [3.8, 4) is 11.1 Å². The molecule has 0 saturated carbocycles. The van der Waals surface area contributed by atoms with Gasteiger partial charge in [0.1, 0.15) is 18.8 Å². The highest BCUT2D eigenvalue weighted by atomic mass is 19.1. The Morgan fingerprint density at radius 3 is 2.20 bits per heavy atom. The lowest BCUT2D eigenvalue weighted by Gasteiger charge is -2.19. The molecule has 0 saturated heterocycles. The molecule has 0 fully saturated rings. The van der Waals surface area contributed by atoms with Gasteiger partial charge in [-0.2, -0.15) is 4.39 Å². The molecule has 0 aliphatic heterocycles. The fourth-order valence-electron chi connectivity index (χ4n) is 3.65. The number of ether oxygens (including phenoxy) is 1. The molecule has 1 amide bonds. The van der Waals surface area contributed by atoms with Gasteiger partial charge in [-0.15, -0.1) is 0 Å². The second-order valence-electron chi connectivity index (χ2n) is 7.00. The molecule has 154 valence electrons. The molecule has 3 aromatic rings. The molecule has 0 radical (unpaired) electrons. The minimum Gasteiger partial charge on any atom is -0.449 e. The van der Waals surface area contributed by atoms with E-state index in [-0.39, 0.29) is 24.6 Å². The van der Waals surface area contributed by atoms with Gasteiger partial charge in [0.05, 0.1) is 0 Å². The van der Waals surface area contributed by atoms with Crippen LogP contribution in [0.4, 0.5) is 9.18 Å². The molecule has 7 nitrogen and oxygen atoms in total. The zero-order valence-corrected chi connectivity index (χ0v) is 15.9. The molecule has 1 aliphatic rings. The number of nitrogens with zero attached hydrogens (tertiary/aromatic N) is 2. The van der Waals surface area contributed by atoms with Crippen LogP contribution in [0.2, 0.25) is 0 Å². The minimum atomic E-state index is -1.38. The number of amides is 1. The van der Waals surface area contributed by atoms with E-state index in [2.05, 4.69) is 15.3 Å². The van der Waals surface area contributed by atoms with Gasteiger partial charge in [0.2, 0.25) is 0 Å². The number of hydrogen-bond acceptors (Lipinski definition) is 6. The van der Waals surface area contributed by atoms with Crippen LogP contribution in [-0.4, -0.2) is 45.5 Å². The average Bonchev–Trinajstić information content (AvgIpc) is 3.10. The zero-order valence-electron chi connectivity index (χ0n) is 15.9. The third kappa shape index (κ3) is 4.00. The van der Waals surface area contributed by atoms with Crippen molar-refractivity contribution < 1.29 is 24.1 Å². The van der Waals surface area contributed by atoms with Crippen LogP contribution >= 0.6 is 0 Å². The van der Waals surface area contributed by atoms with Crippen molar-refractivity contribution in [3.05, 3.63) is 83.7 Å². The Hall–Kier alpha value is -3.36. The minimum absolute atomic E-state index is 0.0740. The fraction of sp³-hybridized carbons (Fsp3) is 0.227. The van der Waals surface area contributed by atoms with E-state index in [1.54, 1.807) is 0 Å². The van der Waals surface area contributed by atoms with Crippen LogP contribution < -0.4 is 5.32 Å². The van der Waals surface area contributed by atoms with Gasteiger partial charge < -0.3 is 20.3 Å². The van der Waals surface area contributed by atoms with Crippen LogP contribution in [0.5, 0.6) is 0 Å². The number of benzene rings is 2. The quantitative estimate of drug-likeness (QED) is 0.541. The molecule has 0 bridgehead atoms. The largest absolute Gasteiger partial charge is 0.449 e. The first-order valence-corrected chi connectivity index (χ1v) is 9.47. The van der Waals surface area contributed by atoms with Crippen LogP contribution in [-0.2, 0) is 4.74 Å². The number of carbonyl (C=O) groups is 1. The van der Waals surface area contributed by atoms with Gasteiger partial charge in [0.15, 0.2) is 0 Å². The molecule has 3 N–H and O–H groups in total. The summed E-state index contributed by atoms with van der Waals surface area (Å²) < 4.78 is 18.1. The maximum atomic E-state index is 12.8. The summed E-state index contributed by atoms with van der Waals surface area (Å²) in [5, 5.41) is 22.6. The van der Waals surface area contributed by atoms with Crippen LogP contribution in [0.15, 0.2) is 60.9 Å². The first-order chi connectivity index (χ1) is 14.5. The molecule has 1 aliphatic carbocycles. The number of aliphatic hydroxyl groups is 2. The summed E-state index contributed by atoms with van der Waals surface area (Å²) in [5.74, 6) is -0.0740. The van der Waals surface area contributed by atoms with E-state index < -0.39 is 24.4 Å². The Balaban J connectivity index is 1.33. The number of hydrogen-bond donors (Lipinski definition) is 3. The van der Waals surface area contributed by atoms with Crippen LogP contribution in [0.1, 0.15) is 28.7 Å². The van der Waals surface area contributed by atoms with Gasteiger partial charge in [-0.3, -0.25) is 0 Å². The topological polar surface area (TPSA) is 105 Å². The average molecular weight is 409 g/mol. The van der Waals surface area contributed by atoms with Gasteiger partial charge >= 0.3 is 12.2 Å². The number of rotatable bonds is 6. The van der Waals surface area contributed by atoms with E-state index in [0.717, 1.165) is 34.6 Å². The number of aromatic nitrogens is 2. The molecule has 2 unspecified atom stereocenters. The third-order valence-corrected chi connectivity index (χ3v) is 5.15. The van der Waals surface area contributed by atoms with E-state index in [1.807, 2.05) is 48.5 Å². The molecule has 1 aromatic heterocycles. The highest BCUT2D eigenvalue weighted by Gasteiger charge is 2.29. The SMILES string of the molecule is O=C(NCC(O)C(O)c1cnc(F)nc1)OCC1c2ccccc2-c2ccccc21. The lowest BCUT2D eigenvalue weighted by Crippen LogP contribution is -2.36. The molecular weight excluding hydrogens is 389 g/mol. The van der Waals surface area contributed by atoms with E-state index in [4.69, 9.17) is 4.74 Å². The van der Waals surface area contributed by atoms with Crippen molar-refractivity contribution in [2.75, 3.05) is 13.2 Å². The van der Waals surface area contributed by atoms with E-state index in [1.165, 1.54) is 0 Å². The van der Waals surface area contributed by atoms with Crippen LogP contribution in [0.3, 0.4) is 0 Å². The van der Waals surface area contributed by atoms with Crippen molar-refractivity contribution in [3.63, 3.8) is 0 Å². The van der Waals surface area contributed by atoms with Crippen molar-refractivity contribution in [1.82, 2.24) is 15.3 Å². The lowest BCUT2D eigenvalue weighted by molar-refractivity contribution is 0.0180. The Bertz CT molecular complexity index is 999. The van der Waals surface area contributed by atoms with Crippen molar-refractivity contribution in [2.24, 2.45) is 0 Å². The number of nitrogens with one attached hydrogen (secondary N) is 1. The van der Waals surface area contributed by atoms with Gasteiger partial charge in [-0.05, 0) is 22.3 Å². The number of halogens is 1. The molecule has 1 heterocycles. The molecule has 30 heavy (non-hydrogen) atoms. The maximum absolute atomic E-state index is 12.8. The molecule has 0 spiro atoms. The summed E-state index contributed by atoms with van der Waals surface area (Å²) in [7, 11) is 0. The van der Waals surface area contributed by atoms with E-state index >= 15 is 0 Å².